The molecule has 0 radical (unpaired) electrons. The Kier molecular flexibility index (Phi) is 4.74. The van der Waals surface area contributed by atoms with Crippen LogP contribution in [0.5, 0.6) is 0 Å². The Hall–Kier alpha value is -3.34. The summed E-state index contributed by atoms with van der Waals surface area (Å²) in [6.07, 6.45) is 6.20. The third kappa shape index (κ3) is 3.43. The molecule has 1 aliphatic rings. The van der Waals surface area contributed by atoms with Crippen molar-refractivity contribution in [1.82, 2.24) is 10.3 Å². The van der Waals surface area contributed by atoms with Crippen molar-refractivity contribution in [2.24, 2.45) is 0 Å². The summed E-state index contributed by atoms with van der Waals surface area (Å²) >= 11 is 0. The van der Waals surface area contributed by atoms with Gasteiger partial charge in [0.15, 0.2) is 0 Å². The molecular weight excluding hydrogens is 355 g/mol. The molecule has 4 nitrogen and oxygen atoms in total. The molecule has 2 heterocycles. The number of hydrogen-bond donors (Lipinski definition) is 2. The predicted molar refractivity (Wildman–Crippen MR) is 108 cm³/mol. The summed E-state index contributed by atoms with van der Waals surface area (Å²) in [5.74, 6) is -0.588. The van der Waals surface area contributed by atoms with Crippen LogP contribution in [-0.4, -0.2) is 24.1 Å². The lowest BCUT2D eigenvalue weighted by Crippen LogP contribution is -2.37. The highest BCUT2D eigenvalue weighted by Crippen LogP contribution is 2.33. The van der Waals surface area contributed by atoms with E-state index in [1.807, 2.05) is 12.2 Å². The number of aryl methyl sites for hydroxylation is 1. The topological polar surface area (TPSA) is 54.1 Å². The van der Waals surface area contributed by atoms with Crippen LogP contribution in [0.3, 0.4) is 0 Å². The number of H-pyrrole nitrogens is 1. The molecule has 2 aromatic carbocycles. The van der Waals surface area contributed by atoms with Crippen LogP contribution in [-0.2, 0) is 16.0 Å². The lowest BCUT2D eigenvalue weighted by Gasteiger charge is -2.20. The quantitative estimate of drug-likeness (QED) is 0.663. The molecule has 0 saturated heterocycles. The van der Waals surface area contributed by atoms with Crippen molar-refractivity contribution in [3.05, 3.63) is 83.3 Å². The fourth-order valence-corrected chi connectivity index (χ4v) is 3.56. The van der Waals surface area contributed by atoms with Gasteiger partial charge in [-0.1, -0.05) is 24.3 Å². The zero-order chi connectivity index (χ0) is 19.7. The van der Waals surface area contributed by atoms with Gasteiger partial charge in [-0.3, -0.25) is 0 Å². The summed E-state index contributed by atoms with van der Waals surface area (Å²) in [6.45, 7) is 2.05. The van der Waals surface area contributed by atoms with Crippen LogP contribution in [0.15, 0.2) is 66.4 Å². The van der Waals surface area contributed by atoms with Gasteiger partial charge in [-0.15, -0.1) is 0 Å². The minimum absolute atomic E-state index is 0.264. The number of hydrogen-bond acceptors (Lipinski definition) is 3. The highest BCUT2D eigenvalue weighted by Gasteiger charge is 2.21. The molecule has 28 heavy (non-hydrogen) atoms. The van der Waals surface area contributed by atoms with Gasteiger partial charge in [0, 0.05) is 23.0 Å². The largest absolute Gasteiger partial charge is 0.467 e. The number of rotatable bonds is 4. The molecule has 1 atom stereocenters. The standard InChI is InChI=1S/C23H21FN2O2/c1-14-6-11-18-19(13-17-4-3-5-20(25-17)23(27)28-2)22(26-21(18)12-14)15-7-9-16(24)10-8-15/h3-12,20,25-26H,13H2,1-2H3. The van der Waals surface area contributed by atoms with E-state index in [1.54, 1.807) is 18.2 Å². The highest BCUT2D eigenvalue weighted by atomic mass is 19.1. The maximum Gasteiger partial charge on any atom is 0.332 e. The summed E-state index contributed by atoms with van der Waals surface area (Å²) < 4.78 is 18.2. The summed E-state index contributed by atoms with van der Waals surface area (Å²) in [6, 6.07) is 12.3. The first-order chi connectivity index (χ1) is 13.5. The van der Waals surface area contributed by atoms with E-state index in [0.717, 1.165) is 39.0 Å². The van der Waals surface area contributed by atoms with E-state index >= 15 is 0 Å². The number of allylic oxidation sites excluding steroid dienone is 3. The first-order valence-electron chi connectivity index (χ1n) is 9.14. The van der Waals surface area contributed by atoms with Gasteiger partial charge >= 0.3 is 5.97 Å². The van der Waals surface area contributed by atoms with Crippen LogP contribution in [0.25, 0.3) is 22.2 Å². The number of carbonyl (C=O) groups excluding carboxylic acids is 1. The fraction of sp³-hybridized carbons (Fsp3) is 0.174. The average Bonchev–Trinajstić information content (AvgIpc) is 3.05. The number of esters is 1. The van der Waals surface area contributed by atoms with Crippen LogP contribution in [0, 0.1) is 12.7 Å². The zero-order valence-electron chi connectivity index (χ0n) is 15.8. The Bertz CT molecular complexity index is 1090. The van der Waals surface area contributed by atoms with Crippen LogP contribution in [0.4, 0.5) is 4.39 Å². The molecule has 0 spiro atoms. The number of methoxy groups -OCH3 is 1. The molecule has 0 amide bonds. The number of dihydropyridines is 1. The molecule has 1 unspecified atom stereocenters. The van der Waals surface area contributed by atoms with Gasteiger partial charge in [0.05, 0.1) is 12.8 Å². The number of aromatic amines is 1. The smallest absolute Gasteiger partial charge is 0.332 e. The molecule has 5 heteroatoms. The van der Waals surface area contributed by atoms with Crippen molar-refractivity contribution >= 4 is 16.9 Å². The maximum absolute atomic E-state index is 13.4. The van der Waals surface area contributed by atoms with Crippen molar-refractivity contribution in [2.45, 2.75) is 19.4 Å². The maximum atomic E-state index is 13.4. The highest BCUT2D eigenvalue weighted by molar-refractivity contribution is 5.91. The van der Waals surface area contributed by atoms with Crippen molar-refractivity contribution in [3.8, 4) is 11.3 Å². The molecule has 1 aliphatic heterocycles. The van der Waals surface area contributed by atoms with E-state index < -0.39 is 6.04 Å². The van der Waals surface area contributed by atoms with Gasteiger partial charge in [-0.2, -0.15) is 0 Å². The van der Waals surface area contributed by atoms with Crippen molar-refractivity contribution in [2.75, 3.05) is 7.11 Å². The van der Waals surface area contributed by atoms with E-state index in [9.17, 15) is 9.18 Å². The fourth-order valence-electron chi connectivity index (χ4n) is 3.56. The van der Waals surface area contributed by atoms with E-state index in [4.69, 9.17) is 4.74 Å². The second kappa shape index (κ2) is 7.35. The minimum atomic E-state index is -0.494. The second-order valence-electron chi connectivity index (χ2n) is 6.93. The normalized spacial score (nSPS) is 16.0. The predicted octanol–water partition coefficient (Wildman–Crippen LogP) is 4.41. The average molecular weight is 376 g/mol. The van der Waals surface area contributed by atoms with Crippen molar-refractivity contribution < 1.29 is 13.9 Å². The van der Waals surface area contributed by atoms with Gasteiger partial charge in [-0.05, 0) is 60.0 Å². The number of halogens is 1. The Morgan fingerprint density at radius 1 is 1.18 bits per heavy atom. The van der Waals surface area contributed by atoms with Gasteiger partial charge in [0.2, 0.25) is 0 Å². The monoisotopic (exact) mass is 376 g/mol. The Morgan fingerprint density at radius 2 is 1.96 bits per heavy atom. The van der Waals surface area contributed by atoms with E-state index in [-0.39, 0.29) is 11.8 Å². The molecule has 1 aromatic heterocycles. The number of aromatic nitrogens is 1. The summed E-state index contributed by atoms with van der Waals surface area (Å²) in [7, 11) is 1.38. The Labute approximate surface area is 162 Å². The number of nitrogens with one attached hydrogen (secondary N) is 2. The lowest BCUT2D eigenvalue weighted by molar-refractivity contribution is -0.141. The molecule has 142 valence electrons. The van der Waals surface area contributed by atoms with Gasteiger partial charge in [-0.25, -0.2) is 9.18 Å². The lowest BCUT2D eigenvalue weighted by atomic mass is 9.99. The van der Waals surface area contributed by atoms with E-state index in [1.165, 1.54) is 19.2 Å². The van der Waals surface area contributed by atoms with E-state index in [0.29, 0.717) is 6.42 Å². The number of fused-ring (bicyclic) bond motifs is 1. The third-order valence-electron chi connectivity index (χ3n) is 4.96. The van der Waals surface area contributed by atoms with Gasteiger partial charge in [0.1, 0.15) is 11.9 Å². The number of ether oxygens (including phenoxy) is 1. The number of benzene rings is 2. The first kappa shape index (κ1) is 18.0. The Balaban J connectivity index is 1.76. The molecule has 0 bridgehead atoms. The molecule has 0 saturated carbocycles. The molecule has 2 N–H and O–H groups in total. The van der Waals surface area contributed by atoms with Crippen LogP contribution >= 0.6 is 0 Å². The molecular formula is C23H21FN2O2. The molecule has 4 rings (SSSR count). The van der Waals surface area contributed by atoms with Crippen molar-refractivity contribution in [1.29, 1.82) is 0 Å². The zero-order valence-corrected chi connectivity index (χ0v) is 15.8. The first-order valence-corrected chi connectivity index (χ1v) is 9.14. The van der Waals surface area contributed by atoms with Crippen molar-refractivity contribution in [3.63, 3.8) is 0 Å². The summed E-state index contributed by atoms with van der Waals surface area (Å²) in [5.41, 5.74) is 6.08. The van der Waals surface area contributed by atoms with Crippen LogP contribution in [0.2, 0.25) is 0 Å². The van der Waals surface area contributed by atoms with Crippen LogP contribution in [0.1, 0.15) is 11.1 Å². The second-order valence-corrected chi connectivity index (χ2v) is 6.93. The molecule has 0 fully saturated rings. The minimum Gasteiger partial charge on any atom is -0.467 e. The molecule has 3 aromatic rings. The SMILES string of the molecule is COC(=O)C1C=CC=C(Cc2c(-c3ccc(F)cc3)[nH]c3cc(C)ccc23)N1. The van der Waals surface area contributed by atoms with Crippen LogP contribution < -0.4 is 5.32 Å². The van der Waals surface area contributed by atoms with Gasteiger partial charge in [0.25, 0.3) is 0 Å². The third-order valence-corrected chi connectivity index (χ3v) is 4.96. The van der Waals surface area contributed by atoms with E-state index in [2.05, 4.69) is 35.4 Å². The van der Waals surface area contributed by atoms with Gasteiger partial charge < -0.3 is 15.0 Å². The summed E-state index contributed by atoms with van der Waals surface area (Å²) in [5, 5.41) is 4.34. The Morgan fingerprint density at radius 3 is 2.71 bits per heavy atom. The summed E-state index contributed by atoms with van der Waals surface area (Å²) in [4.78, 5) is 15.4. The number of carbonyl (C=O) groups is 1. The molecule has 0 aliphatic carbocycles.